The van der Waals surface area contributed by atoms with Gasteiger partial charge in [-0.05, 0) is 25.0 Å². The predicted octanol–water partition coefficient (Wildman–Crippen LogP) is 1.42. The molecule has 0 atom stereocenters. The Morgan fingerprint density at radius 3 is 3.10 bits per heavy atom. The molecular weight excluding hydrogens is 256 g/mol. The number of carbonyl (C=O) groups is 1. The number of nitrogens with zero attached hydrogens (tertiary/aromatic N) is 1. The van der Waals surface area contributed by atoms with Crippen LogP contribution < -0.4 is 19.7 Å². The summed E-state index contributed by atoms with van der Waals surface area (Å²) in [5.41, 5.74) is 1.04. The molecule has 1 N–H and O–H groups in total. The zero-order valence-electron chi connectivity index (χ0n) is 11.7. The molecule has 1 aliphatic heterocycles. The van der Waals surface area contributed by atoms with Crippen LogP contribution in [-0.2, 0) is 4.79 Å². The van der Waals surface area contributed by atoms with E-state index in [0.29, 0.717) is 13.2 Å². The molecule has 0 unspecified atom stereocenters. The van der Waals surface area contributed by atoms with E-state index in [1.54, 1.807) is 7.11 Å². The number of hydrogen-bond donors (Lipinski definition) is 1. The molecule has 1 aliphatic carbocycles. The van der Waals surface area contributed by atoms with Crippen LogP contribution >= 0.6 is 0 Å². The number of methoxy groups -OCH3 is 1. The van der Waals surface area contributed by atoms with E-state index in [4.69, 9.17) is 9.47 Å². The number of anilines is 1. The molecule has 1 saturated carbocycles. The van der Waals surface area contributed by atoms with Gasteiger partial charge in [-0.2, -0.15) is 0 Å². The monoisotopic (exact) mass is 276 g/mol. The van der Waals surface area contributed by atoms with E-state index in [2.05, 4.69) is 10.2 Å². The Kier molecular flexibility index (Phi) is 3.67. The average Bonchev–Trinajstić information content (AvgIpc) is 3.31. The van der Waals surface area contributed by atoms with Gasteiger partial charge in [0.2, 0.25) is 5.91 Å². The van der Waals surface area contributed by atoms with Crippen molar-refractivity contribution in [2.24, 2.45) is 5.92 Å². The van der Waals surface area contributed by atoms with Gasteiger partial charge in [0.05, 0.1) is 19.3 Å². The highest BCUT2D eigenvalue weighted by molar-refractivity contribution is 5.80. The summed E-state index contributed by atoms with van der Waals surface area (Å²) < 4.78 is 10.9. The number of carbonyl (C=O) groups excluding carboxylic acids is 1. The summed E-state index contributed by atoms with van der Waals surface area (Å²) in [6.45, 7) is 2.98. The fourth-order valence-electron chi connectivity index (χ4n) is 2.42. The molecule has 0 saturated heterocycles. The largest absolute Gasteiger partial charge is 0.497 e. The van der Waals surface area contributed by atoms with Crippen molar-refractivity contribution in [1.82, 2.24) is 5.32 Å². The Balaban J connectivity index is 1.61. The van der Waals surface area contributed by atoms with Crippen LogP contribution in [-0.4, -0.2) is 39.3 Å². The fourth-order valence-corrected chi connectivity index (χ4v) is 2.42. The van der Waals surface area contributed by atoms with Crippen LogP contribution in [0.25, 0.3) is 0 Å². The van der Waals surface area contributed by atoms with Crippen LogP contribution in [0.1, 0.15) is 12.8 Å². The molecule has 108 valence electrons. The summed E-state index contributed by atoms with van der Waals surface area (Å²) in [5, 5.41) is 3.00. The molecule has 0 spiro atoms. The summed E-state index contributed by atoms with van der Waals surface area (Å²) in [6.07, 6.45) is 2.09. The van der Waals surface area contributed by atoms with Gasteiger partial charge in [0.15, 0.2) is 0 Å². The van der Waals surface area contributed by atoms with Crippen molar-refractivity contribution in [3.05, 3.63) is 18.2 Å². The maximum atomic E-state index is 11.6. The maximum Gasteiger partial charge on any atom is 0.223 e. The second-order valence-corrected chi connectivity index (χ2v) is 5.23. The number of fused-ring (bicyclic) bond motifs is 1. The molecule has 5 nitrogen and oxygen atoms in total. The zero-order chi connectivity index (χ0) is 13.9. The van der Waals surface area contributed by atoms with Crippen molar-refractivity contribution in [1.29, 1.82) is 0 Å². The third-order valence-electron chi connectivity index (χ3n) is 3.75. The van der Waals surface area contributed by atoms with Gasteiger partial charge in [0, 0.05) is 25.1 Å². The van der Waals surface area contributed by atoms with Gasteiger partial charge in [0.1, 0.15) is 18.1 Å². The molecule has 0 bridgehead atoms. The minimum atomic E-state index is 0.198. The highest BCUT2D eigenvalue weighted by Gasteiger charge is 2.29. The van der Waals surface area contributed by atoms with E-state index < -0.39 is 0 Å². The fraction of sp³-hybridized carbons (Fsp3) is 0.533. The quantitative estimate of drug-likeness (QED) is 0.883. The summed E-state index contributed by atoms with van der Waals surface area (Å²) in [5.74, 6) is 2.17. The van der Waals surface area contributed by atoms with Crippen LogP contribution in [0.15, 0.2) is 18.2 Å². The second-order valence-electron chi connectivity index (χ2n) is 5.23. The Bertz CT molecular complexity index is 500. The molecule has 1 heterocycles. The molecule has 1 amide bonds. The van der Waals surface area contributed by atoms with Gasteiger partial charge in [-0.1, -0.05) is 0 Å². The summed E-state index contributed by atoms with van der Waals surface area (Å²) in [4.78, 5) is 13.8. The normalized spacial score (nSPS) is 17.1. The highest BCUT2D eigenvalue weighted by atomic mass is 16.5. The van der Waals surface area contributed by atoms with Gasteiger partial charge >= 0.3 is 0 Å². The molecule has 2 aliphatic rings. The number of hydrogen-bond acceptors (Lipinski definition) is 4. The minimum Gasteiger partial charge on any atom is -0.497 e. The first-order valence-electron chi connectivity index (χ1n) is 7.11. The standard InChI is InChI=1S/C15H20N2O3/c1-19-12-4-5-14-13(10-12)17(8-9-20-14)7-6-16-15(18)11-2-3-11/h4-5,10-11H,2-3,6-9H2,1H3,(H,16,18). The van der Waals surface area contributed by atoms with Crippen molar-refractivity contribution >= 4 is 11.6 Å². The third kappa shape index (κ3) is 2.81. The lowest BCUT2D eigenvalue weighted by Crippen LogP contribution is -2.39. The third-order valence-corrected chi connectivity index (χ3v) is 3.75. The van der Waals surface area contributed by atoms with Crippen LogP contribution in [0, 0.1) is 5.92 Å². The van der Waals surface area contributed by atoms with Crippen LogP contribution in [0.5, 0.6) is 11.5 Å². The number of ether oxygens (including phenoxy) is 2. The van der Waals surface area contributed by atoms with Gasteiger partial charge in [-0.15, -0.1) is 0 Å². The first-order valence-corrected chi connectivity index (χ1v) is 7.11. The maximum absolute atomic E-state index is 11.6. The van der Waals surface area contributed by atoms with Crippen LogP contribution in [0.4, 0.5) is 5.69 Å². The average molecular weight is 276 g/mol. The topological polar surface area (TPSA) is 50.8 Å². The number of benzene rings is 1. The summed E-state index contributed by atoms with van der Waals surface area (Å²) in [6, 6.07) is 5.82. The van der Waals surface area contributed by atoms with Crippen molar-refractivity contribution in [3.63, 3.8) is 0 Å². The Morgan fingerprint density at radius 1 is 1.50 bits per heavy atom. The lowest BCUT2D eigenvalue weighted by atomic mass is 10.2. The summed E-state index contributed by atoms with van der Waals surface area (Å²) in [7, 11) is 1.66. The number of amides is 1. The molecule has 1 aromatic rings. The van der Waals surface area contributed by atoms with Gasteiger partial charge in [0.25, 0.3) is 0 Å². The Labute approximate surface area is 118 Å². The SMILES string of the molecule is COc1ccc2c(c1)N(CCNC(=O)C1CC1)CCO2. The van der Waals surface area contributed by atoms with E-state index >= 15 is 0 Å². The van der Waals surface area contributed by atoms with Crippen LogP contribution in [0.3, 0.4) is 0 Å². The second kappa shape index (κ2) is 5.61. The molecule has 1 aromatic carbocycles. The van der Waals surface area contributed by atoms with E-state index in [1.807, 2.05) is 18.2 Å². The molecule has 0 aromatic heterocycles. The van der Waals surface area contributed by atoms with Crippen molar-refractivity contribution in [2.45, 2.75) is 12.8 Å². The lowest BCUT2D eigenvalue weighted by Gasteiger charge is -2.31. The minimum absolute atomic E-state index is 0.198. The smallest absolute Gasteiger partial charge is 0.223 e. The molecular formula is C15H20N2O3. The van der Waals surface area contributed by atoms with Gasteiger partial charge in [-0.25, -0.2) is 0 Å². The first kappa shape index (κ1) is 13.1. The van der Waals surface area contributed by atoms with E-state index in [9.17, 15) is 4.79 Å². The molecule has 3 rings (SSSR count). The molecule has 20 heavy (non-hydrogen) atoms. The number of rotatable bonds is 5. The van der Waals surface area contributed by atoms with E-state index in [-0.39, 0.29) is 11.8 Å². The Morgan fingerprint density at radius 2 is 2.35 bits per heavy atom. The van der Waals surface area contributed by atoms with Crippen molar-refractivity contribution < 1.29 is 14.3 Å². The summed E-state index contributed by atoms with van der Waals surface area (Å²) >= 11 is 0. The van der Waals surface area contributed by atoms with Crippen molar-refractivity contribution in [3.8, 4) is 11.5 Å². The highest BCUT2D eigenvalue weighted by Crippen LogP contribution is 2.34. The predicted molar refractivity (Wildman–Crippen MR) is 76.4 cm³/mol. The van der Waals surface area contributed by atoms with Gasteiger partial charge in [-0.3, -0.25) is 4.79 Å². The van der Waals surface area contributed by atoms with Crippen molar-refractivity contribution in [2.75, 3.05) is 38.3 Å². The zero-order valence-corrected chi connectivity index (χ0v) is 11.7. The molecule has 0 radical (unpaired) electrons. The lowest BCUT2D eigenvalue weighted by molar-refractivity contribution is -0.122. The van der Waals surface area contributed by atoms with E-state index in [0.717, 1.165) is 43.1 Å². The van der Waals surface area contributed by atoms with E-state index in [1.165, 1.54) is 0 Å². The molecule has 1 fully saturated rings. The number of nitrogens with one attached hydrogen (secondary N) is 1. The molecule has 5 heteroatoms. The first-order chi connectivity index (χ1) is 9.78. The Hall–Kier alpha value is -1.91. The van der Waals surface area contributed by atoms with Crippen LogP contribution in [0.2, 0.25) is 0 Å². The van der Waals surface area contributed by atoms with Gasteiger partial charge < -0.3 is 19.7 Å².